The zero-order valence-corrected chi connectivity index (χ0v) is 18.9. The number of aryl methyl sites for hydroxylation is 2. The molecule has 0 unspecified atom stereocenters. The van der Waals surface area contributed by atoms with Gasteiger partial charge in [-0.25, -0.2) is 4.98 Å². The Bertz CT molecular complexity index is 1120. The van der Waals surface area contributed by atoms with Crippen LogP contribution in [0.2, 0.25) is 0 Å². The van der Waals surface area contributed by atoms with Crippen LogP contribution in [0.25, 0.3) is 16.8 Å². The maximum Gasteiger partial charge on any atom is 0.166 e. The fourth-order valence-electron chi connectivity index (χ4n) is 4.56. The van der Waals surface area contributed by atoms with E-state index in [0.29, 0.717) is 5.69 Å². The van der Waals surface area contributed by atoms with E-state index in [2.05, 4.69) is 30.8 Å². The summed E-state index contributed by atoms with van der Waals surface area (Å²) < 4.78 is 7.36. The predicted octanol–water partition coefficient (Wildman–Crippen LogP) is 4.64. The van der Waals surface area contributed by atoms with Crippen molar-refractivity contribution in [1.29, 1.82) is 0 Å². The average Bonchev–Trinajstić information content (AvgIpc) is 3.38. The minimum atomic E-state index is 0.611. The van der Waals surface area contributed by atoms with Gasteiger partial charge in [0.25, 0.3) is 0 Å². The monoisotopic (exact) mass is 421 g/mol. The number of hydrogen-bond donors (Lipinski definition) is 1. The molecule has 0 bridgehead atoms. The van der Waals surface area contributed by atoms with Crippen molar-refractivity contribution in [1.82, 2.24) is 14.6 Å². The Morgan fingerprint density at radius 2 is 2.13 bits per heavy atom. The van der Waals surface area contributed by atoms with Gasteiger partial charge >= 0.3 is 0 Å². The first-order chi connectivity index (χ1) is 15.1. The molecule has 1 aromatic carbocycles. The number of nitrogens with zero attached hydrogens (tertiary/aromatic N) is 5. The van der Waals surface area contributed by atoms with Crippen LogP contribution in [0.5, 0.6) is 5.75 Å². The van der Waals surface area contributed by atoms with Crippen LogP contribution in [0.15, 0.2) is 23.4 Å². The SMILES string of the molecule is CCCCN(CC)c1c2c(nc3c(-c4ccc(OC)cc4C)c(/C=N/O)nn13)CCC2. The highest BCUT2D eigenvalue weighted by atomic mass is 16.5. The van der Waals surface area contributed by atoms with E-state index in [1.165, 1.54) is 11.8 Å². The Morgan fingerprint density at radius 1 is 1.29 bits per heavy atom. The summed E-state index contributed by atoms with van der Waals surface area (Å²) in [7, 11) is 1.67. The number of oxime groups is 1. The molecule has 0 saturated heterocycles. The molecule has 2 heterocycles. The highest BCUT2D eigenvalue weighted by Gasteiger charge is 2.27. The quantitative estimate of drug-likeness (QED) is 0.326. The van der Waals surface area contributed by atoms with Crippen LogP contribution in [0.1, 0.15) is 55.6 Å². The standard InChI is InChI=1S/C24H31N5O2/c1-5-7-13-28(6-2)24-19-9-8-10-20(19)26-23-22(21(15-25-30)27-29(23)24)18-12-11-17(31-4)14-16(18)3/h11-12,14-15,30H,5-10,13H2,1-4H3/b25-15+. The zero-order valence-electron chi connectivity index (χ0n) is 18.9. The summed E-state index contributed by atoms with van der Waals surface area (Å²) in [4.78, 5) is 7.49. The Labute approximate surface area is 183 Å². The number of unbranched alkanes of at least 4 members (excludes halogenated alkanes) is 1. The van der Waals surface area contributed by atoms with Crippen LogP contribution in [0.4, 0.5) is 5.82 Å². The molecule has 0 saturated carbocycles. The number of ether oxygens (including phenoxy) is 1. The molecule has 1 N–H and O–H groups in total. The first-order valence-corrected chi connectivity index (χ1v) is 11.1. The molecule has 7 nitrogen and oxygen atoms in total. The van der Waals surface area contributed by atoms with Crippen LogP contribution in [0.3, 0.4) is 0 Å². The number of methoxy groups -OCH3 is 1. The number of benzene rings is 1. The summed E-state index contributed by atoms with van der Waals surface area (Å²) in [6, 6.07) is 5.98. The first-order valence-electron chi connectivity index (χ1n) is 11.1. The molecule has 1 aliphatic rings. The van der Waals surface area contributed by atoms with Crippen molar-refractivity contribution in [2.24, 2.45) is 5.16 Å². The molecule has 3 aromatic rings. The zero-order chi connectivity index (χ0) is 22.0. The Morgan fingerprint density at radius 3 is 2.81 bits per heavy atom. The minimum Gasteiger partial charge on any atom is -0.497 e. The molecule has 0 fully saturated rings. The molecule has 2 aromatic heterocycles. The van der Waals surface area contributed by atoms with E-state index in [1.807, 2.05) is 22.7 Å². The number of anilines is 1. The summed E-state index contributed by atoms with van der Waals surface area (Å²) in [5, 5.41) is 17.5. The van der Waals surface area contributed by atoms with Gasteiger partial charge in [0.1, 0.15) is 17.3 Å². The largest absolute Gasteiger partial charge is 0.497 e. The topological polar surface area (TPSA) is 75.2 Å². The van der Waals surface area contributed by atoms with Crippen LogP contribution < -0.4 is 9.64 Å². The normalized spacial score (nSPS) is 13.3. The summed E-state index contributed by atoms with van der Waals surface area (Å²) in [6.45, 7) is 8.35. The lowest BCUT2D eigenvalue weighted by atomic mass is 10.00. The van der Waals surface area contributed by atoms with Crippen LogP contribution in [-0.2, 0) is 12.8 Å². The van der Waals surface area contributed by atoms with Gasteiger partial charge in [-0.1, -0.05) is 24.6 Å². The van der Waals surface area contributed by atoms with E-state index in [-0.39, 0.29) is 0 Å². The average molecular weight is 422 g/mol. The molecule has 0 amide bonds. The summed E-state index contributed by atoms with van der Waals surface area (Å²) in [6.07, 6.45) is 6.81. The second-order valence-corrected chi connectivity index (χ2v) is 8.07. The molecule has 0 spiro atoms. The van der Waals surface area contributed by atoms with Gasteiger partial charge in [-0.3, -0.25) is 0 Å². The van der Waals surface area contributed by atoms with Gasteiger partial charge < -0.3 is 14.8 Å². The van der Waals surface area contributed by atoms with Gasteiger partial charge in [0.05, 0.1) is 18.9 Å². The number of fused-ring (bicyclic) bond motifs is 2. The van der Waals surface area contributed by atoms with Gasteiger partial charge in [0, 0.05) is 24.3 Å². The van der Waals surface area contributed by atoms with E-state index in [1.54, 1.807) is 7.11 Å². The van der Waals surface area contributed by atoms with E-state index in [0.717, 1.165) is 84.8 Å². The van der Waals surface area contributed by atoms with Crippen LogP contribution in [-0.4, -0.2) is 46.2 Å². The smallest absolute Gasteiger partial charge is 0.166 e. The third-order valence-corrected chi connectivity index (χ3v) is 6.13. The van der Waals surface area contributed by atoms with Gasteiger partial charge in [0.2, 0.25) is 0 Å². The fraction of sp³-hybridized carbons (Fsp3) is 0.458. The molecular formula is C24H31N5O2. The van der Waals surface area contributed by atoms with Crippen LogP contribution >= 0.6 is 0 Å². The van der Waals surface area contributed by atoms with E-state index in [9.17, 15) is 5.21 Å². The van der Waals surface area contributed by atoms with Crippen molar-refractivity contribution in [3.05, 3.63) is 40.7 Å². The van der Waals surface area contributed by atoms with Gasteiger partial charge in [-0.05, 0) is 62.8 Å². The molecule has 0 aliphatic heterocycles. The lowest BCUT2D eigenvalue weighted by Gasteiger charge is -2.26. The van der Waals surface area contributed by atoms with Crippen molar-refractivity contribution in [3.63, 3.8) is 0 Å². The predicted molar refractivity (Wildman–Crippen MR) is 124 cm³/mol. The van der Waals surface area contributed by atoms with E-state index < -0.39 is 0 Å². The molecule has 164 valence electrons. The summed E-state index contributed by atoms with van der Waals surface area (Å²) in [5.41, 5.74) is 6.85. The Hall–Kier alpha value is -3.09. The second-order valence-electron chi connectivity index (χ2n) is 8.07. The summed E-state index contributed by atoms with van der Waals surface area (Å²) >= 11 is 0. The Balaban J connectivity index is 2.02. The third kappa shape index (κ3) is 3.73. The Kier molecular flexibility index (Phi) is 6.11. The fourth-order valence-corrected chi connectivity index (χ4v) is 4.56. The molecule has 31 heavy (non-hydrogen) atoms. The van der Waals surface area contributed by atoms with Crippen molar-refractivity contribution in [2.45, 2.75) is 52.9 Å². The maximum absolute atomic E-state index is 9.34. The lowest BCUT2D eigenvalue weighted by Crippen LogP contribution is -2.28. The van der Waals surface area contributed by atoms with Crippen molar-refractivity contribution >= 4 is 17.7 Å². The molecule has 0 atom stereocenters. The van der Waals surface area contributed by atoms with Gasteiger partial charge in [0.15, 0.2) is 5.65 Å². The molecule has 7 heteroatoms. The highest BCUT2D eigenvalue weighted by molar-refractivity contribution is 5.96. The van der Waals surface area contributed by atoms with Crippen molar-refractivity contribution in [2.75, 3.05) is 25.1 Å². The van der Waals surface area contributed by atoms with E-state index >= 15 is 0 Å². The van der Waals surface area contributed by atoms with Gasteiger partial charge in [-0.15, -0.1) is 0 Å². The number of rotatable bonds is 8. The maximum atomic E-state index is 9.34. The van der Waals surface area contributed by atoms with Crippen molar-refractivity contribution < 1.29 is 9.94 Å². The van der Waals surface area contributed by atoms with Crippen molar-refractivity contribution in [3.8, 4) is 16.9 Å². The molecule has 0 radical (unpaired) electrons. The molecule has 1 aliphatic carbocycles. The van der Waals surface area contributed by atoms with Gasteiger partial charge in [-0.2, -0.15) is 9.61 Å². The molecular weight excluding hydrogens is 390 g/mol. The molecule has 4 rings (SSSR count). The second kappa shape index (κ2) is 8.96. The minimum absolute atomic E-state index is 0.611. The third-order valence-electron chi connectivity index (χ3n) is 6.13. The summed E-state index contributed by atoms with van der Waals surface area (Å²) in [5.74, 6) is 1.94. The number of hydrogen-bond acceptors (Lipinski definition) is 6. The van der Waals surface area contributed by atoms with E-state index in [4.69, 9.17) is 14.8 Å². The first kappa shape index (κ1) is 21.2. The lowest BCUT2D eigenvalue weighted by molar-refractivity contribution is 0.321. The number of aromatic nitrogens is 3. The van der Waals surface area contributed by atoms with Crippen LogP contribution in [0, 0.1) is 6.92 Å². The highest BCUT2D eigenvalue weighted by Crippen LogP contribution is 2.37.